The van der Waals surface area contributed by atoms with Gasteiger partial charge in [-0.1, -0.05) is 19.9 Å². The molecule has 1 saturated heterocycles. The Morgan fingerprint density at radius 3 is 2.81 bits per heavy atom. The number of thiazole rings is 1. The van der Waals surface area contributed by atoms with E-state index in [0.29, 0.717) is 17.8 Å². The van der Waals surface area contributed by atoms with Gasteiger partial charge in [-0.3, -0.25) is 9.69 Å². The highest BCUT2D eigenvalue weighted by Crippen LogP contribution is 2.41. The maximum atomic E-state index is 12.6. The zero-order valence-corrected chi connectivity index (χ0v) is 17.6. The van der Waals surface area contributed by atoms with Crippen LogP contribution in [0.25, 0.3) is 0 Å². The molecule has 0 N–H and O–H groups in total. The van der Waals surface area contributed by atoms with Crippen molar-refractivity contribution in [2.24, 2.45) is 5.92 Å². The summed E-state index contributed by atoms with van der Waals surface area (Å²) in [6, 6.07) is 6.06. The predicted octanol–water partition coefficient (Wildman–Crippen LogP) is 3.15. The van der Waals surface area contributed by atoms with E-state index in [2.05, 4.69) is 53.8 Å². The summed E-state index contributed by atoms with van der Waals surface area (Å²) in [5.74, 6) is 1.45. The molecule has 2 aromatic heterocycles. The van der Waals surface area contributed by atoms with Crippen molar-refractivity contribution in [1.82, 2.24) is 19.4 Å². The second kappa shape index (κ2) is 7.49. The van der Waals surface area contributed by atoms with Crippen molar-refractivity contribution in [2.75, 3.05) is 33.7 Å². The number of hydrogen-bond acceptors (Lipinski definition) is 5. The minimum atomic E-state index is 0.156. The van der Waals surface area contributed by atoms with Crippen LogP contribution < -0.4 is 5.56 Å². The summed E-state index contributed by atoms with van der Waals surface area (Å²) in [6.45, 7) is 8.31. The van der Waals surface area contributed by atoms with Gasteiger partial charge in [0.1, 0.15) is 5.01 Å². The van der Waals surface area contributed by atoms with Crippen molar-refractivity contribution in [3.05, 3.63) is 50.3 Å². The van der Waals surface area contributed by atoms with Crippen LogP contribution in [-0.4, -0.2) is 53.1 Å². The van der Waals surface area contributed by atoms with E-state index in [1.807, 2.05) is 6.07 Å². The number of aromatic nitrogens is 2. The molecule has 2 aromatic rings. The summed E-state index contributed by atoms with van der Waals surface area (Å²) in [6.07, 6.45) is 1.19. The summed E-state index contributed by atoms with van der Waals surface area (Å²) in [4.78, 5) is 22.3. The molecule has 0 aromatic carbocycles. The van der Waals surface area contributed by atoms with Gasteiger partial charge in [0.2, 0.25) is 0 Å². The van der Waals surface area contributed by atoms with Gasteiger partial charge in [0, 0.05) is 42.7 Å². The third-order valence-electron chi connectivity index (χ3n) is 5.95. The van der Waals surface area contributed by atoms with Crippen LogP contribution in [0.15, 0.2) is 28.4 Å². The smallest absolute Gasteiger partial charge is 0.251 e. The molecule has 2 bridgehead atoms. The standard InChI is InChI=1S/C21H30N4OS/c1-14(2)17-13-27-20(22-17)12-24-9-15-8-16(10-24)19(11-23(3)4)25-18(15)6-5-7-21(25)26/h5-7,13-16,19H,8-12H2,1-4H3/t15-,16+,19+/m1/s1. The van der Waals surface area contributed by atoms with Crippen LogP contribution in [0.4, 0.5) is 0 Å². The highest BCUT2D eigenvalue weighted by Gasteiger charge is 2.40. The molecule has 4 heterocycles. The maximum Gasteiger partial charge on any atom is 0.251 e. The van der Waals surface area contributed by atoms with Crippen LogP contribution in [0.2, 0.25) is 0 Å². The van der Waals surface area contributed by atoms with E-state index in [-0.39, 0.29) is 11.6 Å². The number of rotatable bonds is 5. The topological polar surface area (TPSA) is 41.4 Å². The van der Waals surface area contributed by atoms with Gasteiger partial charge in [0.25, 0.3) is 5.56 Å². The number of fused-ring (bicyclic) bond motifs is 4. The lowest BCUT2D eigenvalue weighted by Crippen LogP contribution is -2.51. The largest absolute Gasteiger partial charge is 0.308 e. The van der Waals surface area contributed by atoms with Gasteiger partial charge in [-0.05, 0) is 38.4 Å². The Bertz CT molecular complexity index is 856. The van der Waals surface area contributed by atoms with Gasteiger partial charge < -0.3 is 9.47 Å². The Kier molecular flexibility index (Phi) is 5.23. The molecule has 2 aliphatic heterocycles. The molecule has 5 nitrogen and oxygen atoms in total. The maximum absolute atomic E-state index is 12.6. The first-order valence-corrected chi connectivity index (χ1v) is 10.8. The zero-order chi connectivity index (χ0) is 19.1. The first kappa shape index (κ1) is 18.8. The fourth-order valence-electron chi connectivity index (χ4n) is 4.73. The molecule has 0 aliphatic carbocycles. The molecule has 146 valence electrons. The Balaban J connectivity index is 1.60. The number of likely N-dealkylation sites (N-methyl/N-ethyl adjacent to an activating group) is 1. The highest BCUT2D eigenvalue weighted by molar-refractivity contribution is 7.09. The molecule has 27 heavy (non-hydrogen) atoms. The number of likely N-dealkylation sites (tertiary alicyclic amines) is 1. The van der Waals surface area contributed by atoms with Crippen molar-refractivity contribution in [1.29, 1.82) is 0 Å². The van der Waals surface area contributed by atoms with Gasteiger partial charge >= 0.3 is 0 Å². The van der Waals surface area contributed by atoms with Crippen LogP contribution >= 0.6 is 11.3 Å². The fraction of sp³-hybridized carbons (Fsp3) is 0.619. The van der Waals surface area contributed by atoms with E-state index in [1.165, 1.54) is 22.8 Å². The Morgan fingerprint density at radius 2 is 2.11 bits per heavy atom. The van der Waals surface area contributed by atoms with Gasteiger partial charge in [0.15, 0.2) is 0 Å². The quantitative estimate of drug-likeness (QED) is 0.792. The lowest BCUT2D eigenvalue weighted by Gasteiger charge is -2.47. The molecular formula is C21H30N4OS. The first-order valence-electron chi connectivity index (χ1n) is 9.95. The molecule has 0 unspecified atom stereocenters. The van der Waals surface area contributed by atoms with Crippen LogP contribution in [0, 0.1) is 5.92 Å². The summed E-state index contributed by atoms with van der Waals surface area (Å²) in [5, 5.41) is 3.42. The summed E-state index contributed by atoms with van der Waals surface area (Å²) < 4.78 is 2.09. The number of pyridine rings is 1. The van der Waals surface area contributed by atoms with Gasteiger partial charge in [-0.15, -0.1) is 11.3 Å². The van der Waals surface area contributed by atoms with Crippen LogP contribution in [0.5, 0.6) is 0 Å². The van der Waals surface area contributed by atoms with Crippen LogP contribution in [0.3, 0.4) is 0 Å². The van der Waals surface area contributed by atoms with Crippen LogP contribution in [0.1, 0.15) is 54.5 Å². The Labute approximate surface area is 165 Å². The lowest BCUT2D eigenvalue weighted by molar-refractivity contribution is 0.0743. The minimum Gasteiger partial charge on any atom is -0.308 e. The molecule has 4 rings (SSSR count). The SMILES string of the molecule is CC(C)c1csc(CN2C[C@H]3C[C@@H](C2)[C@H](CN(C)C)n2c3cccc2=O)n1. The van der Waals surface area contributed by atoms with Crippen molar-refractivity contribution >= 4 is 11.3 Å². The van der Waals surface area contributed by atoms with Crippen molar-refractivity contribution in [3.8, 4) is 0 Å². The fourth-order valence-corrected chi connectivity index (χ4v) is 5.73. The summed E-state index contributed by atoms with van der Waals surface area (Å²) >= 11 is 1.78. The number of nitrogens with zero attached hydrogens (tertiary/aromatic N) is 4. The van der Waals surface area contributed by atoms with Crippen LogP contribution in [-0.2, 0) is 6.54 Å². The van der Waals surface area contributed by atoms with Gasteiger partial charge in [-0.25, -0.2) is 4.98 Å². The Morgan fingerprint density at radius 1 is 1.30 bits per heavy atom. The van der Waals surface area contributed by atoms with E-state index in [1.54, 1.807) is 17.4 Å². The third-order valence-corrected chi connectivity index (χ3v) is 6.80. The van der Waals surface area contributed by atoms with E-state index in [9.17, 15) is 4.79 Å². The minimum absolute atomic E-state index is 0.156. The summed E-state index contributed by atoms with van der Waals surface area (Å²) in [7, 11) is 4.20. The van der Waals surface area contributed by atoms with Gasteiger partial charge in [-0.2, -0.15) is 0 Å². The van der Waals surface area contributed by atoms with Crippen molar-refractivity contribution < 1.29 is 0 Å². The molecular weight excluding hydrogens is 356 g/mol. The normalized spacial score (nSPS) is 25.2. The van der Waals surface area contributed by atoms with Gasteiger partial charge in [0.05, 0.1) is 18.3 Å². The predicted molar refractivity (Wildman–Crippen MR) is 111 cm³/mol. The van der Waals surface area contributed by atoms with Crippen molar-refractivity contribution in [2.45, 2.75) is 44.7 Å². The zero-order valence-electron chi connectivity index (χ0n) is 16.8. The number of piperidine rings is 1. The van der Waals surface area contributed by atoms with E-state index in [0.717, 1.165) is 26.2 Å². The van der Waals surface area contributed by atoms with E-state index < -0.39 is 0 Å². The van der Waals surface area contributed by atoms with E-state index >= 15 is 0 Å². The molecule has 0 amide bonds. The molecule has 3 atom stereocenters. The first-order chi connectivity index (χ1) is 12.9. The van der Waals surface area contributed by atoms with E-state index in [4.69, 9.17) is 4.98 Å². The monoisotopic (exact) mass is 386 g/mol. The highest BCUT2D eigenvalue weighted by atomic mass is 32.1. The second-order valence-corrected chi connectivity index (χ2v) is 9.64. The second-order valence-electron chi connectivity index (χ2n) is 8.70. The average Bonchev–Trinajstić information content (AvgIpc) is 3.07. The van der Waals surface area contributed by atoms with Crippen molar-refractivity contribution in [3.63, 3.8) is 0 Å². The number of hydrogen-bond donors (Lipinski definition) is 0. The third kappa shape index (κ3) is 3.75. The molecule has 2 aliphatic rings. The lowest BCUT2D eigenvalue weighted by atomic mass is 9.78. The Hall–Kier alpha value is -1.50. The molecule has 0 spiro atoms. The molecule has 6 heteroatoms. The molecule has 0 saturated carbocycles. The summed E-state index contributed by atoms with van der Waals surface area (Å²) in [5.41, 5.74) is 2.58. The molecule has 0 radical (unpaired) electrons. The molecule has 1 fully saturated rings. The average molecular weight is 387 g/mol.